The van der Waals surface area contributed by atoms with E-state index in [9.17, 15) is 4.79 Å². The fourth-order valence-corrected chi connectivity index (χ4v) is 2.48. The van der Waals surface area contributed by atoms with Crippen LogP contribution in [0.3, 0.4) is 0 Å². The van der Waals surface area contributed by atoms with Gasteiger partial charge >= 0.3 is 0 Å². The summed E-state index contributed by atoms with van der Waals surface area (Å²) in [4.78, 5) is 12.2. The van der Waals surface area contributed by atoms with Crippen LogP contribution in [0.5, 0.6) is 0 Å². The highest BCUT2D eigenvalue weighted by molar-refractivity contribution is 9.10. The van der Waals surface area contributed by atoms with Crippen LogP contribution in [0.2, 0.25) is 0 Å². The Bertz CT molecular complexity index is 640. The number of amides is 1. The molecule has 2 aromatic carbocycles. The number of carbonyl (C=O) groups excluding carboxylic acids is 1. The van der Waals surface area contributed by atoms with Crippen LogP contribution in [-0.4, -0.2) is 5.91 Å². The highest BCUT2D eigenvalue weighted by atomic mass is 79.9. The molecule has 0 spiro atoms. The zero-order chi connectivity index (χ0) is 14.7. The summed E-state index contributed by atoms with van der Waals surface area (Å²) in [6, 6.07) is 13.2. The third-order valence-electron chi connectivity index (χ3n) is 3.27. The maximum atomic E-state index is 12.2. The van der Waals surface area contributed by atoms with Gasteiger partial charge in [0.2, 0.25) is 0 Å². The smallest absolute Gasteiger partial charge is 0.251 e. The molecule has 0 bridgehead atoms. The van der Waals surface area contributed by atoms with Crippen molar-refractivity contribution < 1.29 is 4.79 Å². The minimum Gasteiger partial charge on any atom is -0.398 e. The molecule has 2 aromatic rings. The van der Waals surface area contributed by atoms with Gasteiger partial charge in [0, 0.05) is 15.7 Å². The summed E-state index contributed by atoms with van der Waals surface area (Å²) >= 11 is 3.33. The van der Waals surface area contributed by atoms with Crippen LogP contribution in [0.15, 0.2) is 46.9 Å². The third-order valence-corrected chi connectivity index (χ3v) is 3.95. The van der Waals surface area contributed by atoms with Gasteiger partial charge in [0.1, 0.15) is 0 Å². The first-order valence-electron chi connectivity index (χ1n) is 6.40. The van der Waals surface area contributed by atoms with Crippen molar-refractivity contribution in [2.24, 2.45) is 0 Å². The van der Waals surface area contributed by atoms with Crippen molar-refractivity contribution in [2.45, 2.75) is 19.9 Å². The Morgan fingerprint density at radius 2 is 1.95 bits per heavy atom. The number of benzene rings is 2. The first-order valence-corrected chi connectivity index (χ1v) is 7.19. The summed E-state index contributed by atoms with van der Waals surface area (Å²) in [6.07, 6.45) is 0. The van der Waals surface area contributed by atoms with E-state index in [-0.39, 0.29) is 11.9 Å². The van der Waals surface area contributed by atoms with E-state index in [0.717, 1.165) is 10.0 Å². The van der Waals surface area contributed by atoms with E-state index in [1.54, 1.807) is 18.2 Å². The number of rotatable bonds is 3. The van der Waals surface area contributed by atoms with Gasteiger partial charge in [-0.2, -0.15) is 0 Å². The quantitative estimate of drug-likeness (QED) is 0.839. The maximum Gasteiger partial charge on any atom is 0.251 e. The van der Waals surface area contributed by atoms with Gasteiger partial charge in [-0.05, 0) is 59.1 Å². The largest absolute Gasteiger partial charge is 0.398 e. The normalized spacial score (nSPS) is 11.9. The topological polar surface area (TPSA) is 55.1 Å². The van der Waals surface area contributed by atoms with Crippen LogP contribution < -0.4 is 11.1 Å². The summed E-state index contributed by atoms with van der Waals surface area (Å²) in [5.41, 5.74) is 9.22. The number of hydrogen-bond donors (Lipinski definition) is 2. The molecule has 104 valence electrons. The number of halogens is 1. The van der Waals surface area contributed by atoms with Crippen LogP contribution in [0.4, 0.5) is 5.69 Å². The SMILES string of the molecule is Cc1ccccc1C(C)NC(=O)c1ccc(N)c(Br)c1. The predicted octanol–water partition coefficient (Wildman–Crippen LogP) is 3.83. The Labute approximate surface area is 127 Å². The highest BCUT2D eigenvalue weighted by Crippen LogP contribution is 2.21. The van der Waals surface area contributed by atoms with Gasteiger partial charge < -0.3 is 11.1 Å². The number of nitrogen functional groups attached to an aromatic ring is 1. The second-order valence-electron chi connectivity index (χ2n) is 4.79. The summed E-state index contributed by atoms with van der Waals surface area (Å²) in [6.45, 7) is 4.02. The maximum absolute atomic E-state index is 12.2. The molecule has 0 aliphatic carbocycles. The molecule has 0 saturated heterocycles. The zero-order valence-electron chi connectivity index (χ0n) is 11.5. The van der Waals surface area contributed by atoms with E-state index in [1.165, 1.54) is 5.56 Å². The fraction of sp³-hybridized carbons (Fsp3) is 0.188. The van der Waals surface area contributed by atoms with Crippen LogP contribution in [0.25, 0.3) is 0 Å². The van der Waals surface area contributed by atoms with Crippen LogP contribution in [0, 0.1) is 6.92 Å². The molecule has 1 unspecified atom stereocenters. The van der Waals surface area contributed by atoms with E-state index >= 15 is 0 Å². The predicted molar refractivity (Wildman–Crippen MR) is 85.6 cm³/mol. The second kappa shape index (κ2) is 6.09. The van der Waals surface area contributed by atoms with E-state index in [2.05, 4.69) is 21.2 Å². The molecule has 0 saturated carbocycles. The number of anilines is 1. The van der Waals surface area contributed by atoms with Crippen LogP contribution in [0.1, 0.15) is 34.5 Å². The summed E-state index contributed by atoms with van der Waals surface area (Å²) in [5, 5.41) is 3.00. The number of nitrogens with two attached hydrogens (primary N) is 1. The molecule has 0 aliphatic heterocycles. The molecule has 1 amide bonds. The third kappa shape index (κ3) is 3.20. The van der Waals surface area contributed by atoms with Gasteiger partial charge in [-0.3, -0.25) is 4.79 Å². The summed E-state index contributed by atoms with van der Waals surface area (Å²) in [5.74, 6) is -0.110. The molecular weight excluding hydrogens is 316 g/mol. The van der Waals surface area contributed by atoms with E-state index in [4.69, 9.17) is 5.73 Å². The van der Waals surface area contributed by atoms with Gasteiger partial charge in [-0.25, -0.2) is 0 Å². The Morgan fingerprint density at radius 1 is 1.25 bits per heavy atom. The van der Waals surface area contributed by atoms with E-state index in [0.29, 0.717) is 11.3 Å². The summed E-state index contributed by atoms with van der Waals surface area (Å²) in [7, 11) is 0. The standard InChI is InChI=1S/C16H17BrN2O/c1-10-5-3-4-6-13(10)11(2)19-16(20)12-7-8-15(18)14(17)9-12/h3-9,11H,18H2,1-2H3,(H,19,20). The van der Waals surface area contributed by atoms with Gasteiger partial charge in [-0.15, -0.1) is 0 Å². The van der Waals surface area contributed by atoms with Crippen molar-refractivity contribution in [3.05, 3.63) is 63.6 Å². The van der Waals surface area contributed by atoms with Crippen molar-refractivity contribution in [1.29, 1.82) is 0 Å². The molecular formula is C16H17BrN2O. The average Bonchev–Trinajstić information content (AvgIpc) is 2.42. The number of aryl methyl sites for hydroxylation is 1. The number of nitrogens with one attached hydrogen (secondary N) is 1. The van der Waals surface area contributed by atoms with Crippen molar-refractivity contribution in [3.63, 3.8) is 0 Å². The molecule has 0 fully saturated rings. The molecule has 0 radical (unpaired) electrons. The zero-order valence-corrected chi connectivity index (χ0v) is 13.1. The average molecular weight is 333 g/mol. The van der Waals surface area contributed by atoms with Gasteiger partial charge in [-0.1, -0.05) is 24.3 Å². The lowest BCUT2D eigenvalue weighted by Gasteiger charge is -2.16. The molecule has 2 rings (SSSR count). The Balaban J connectivity index is 2.15. The lowest BCUT2D eigenvalue weighted by Crippen LogP contribution is -2.27. The fourth-order valence-electron chi connectivity index (χ4n) is 2.10. The van der Waals surface area contributed by atoms with Crippen molar-refractivity contribution in [2.75, 3.05) is 5.73 Å². The minimum absolute atomic E-state index is 0.0416. The first-order chi connectivity index (χ1) is 9.49. The lowest BCUT2D eigenvalue weighted by atomic mass is 10.0. The molecule has 1 atom stereocenters. The number of hydrogen-bond acceptors (Lipinski definition) is 2. The van der Waals surface area contributed by atoms with Crippen molar-refractivity contribution in [1.82, 2.24) is 5.32 Å². The highest BCUT2D eigenvalue weighted by Gasteiger charge is 2.13. The molecule has 0 aromatic heterocycles. The summed E-state index contributed by atoms with van der Waals surface area (Å²) < 4.78 is 0.730. The molecule has 0 heterocycles. The monoisotopic (exact) mass is 332 g/mol. The molecule has 3 N–H and O–H groups in total. The first kappa shape index (κ1) is 14.6. The second-order valence-corrected chi connectivity index (χ2v) is 5.64. The van der Waals surface area contributed by atoms with Crippen LogP contribution in [-0.2, 0) is 0 Å². The molecule has 3 nitrogen and oxygen atoms in total. The van der Waals surface area contributed by atoms with Crippen LogP contribution >= 0.6 is 15.9 Å². The Hall–Kier alpha value is -1.81. The van der Waals surface area contributed by atoms with Crippen molar-refractivity contribution in [3.8, 4) is 0 Å². The minimum atomic E-state index is -0.110. The van der Waals surface area contributed by atoms with Gasteiger partial charge in [0.15, 0.2) is 0 Å². The van der Waals surface area contributed by atoms with Gasteiger partial charge in [0.05, 0.1) is 6.04 Å². The Kier molecular flexibility index (Phi) is 4.45. The lowest BCUT2D eigenvalue weighted by molar-refractivity contribution is 0.0940. The van der Waals surface area contributed by atoms with E-state index < -0.39 is 0 Å². The van der Waals surface area contributed by atoms with Crippen molar-refractivity contribution >= 4 is 27.5 Å². The van der Waals surface area contributed by atoms with Gasteiger partial charge in [0.25, 0.3) is 5.91 Å². The van der Waals surface area contributed by atoms with E-state index in [1.807, 2.05) is 38.1 Å². The molecule has 0 aliphatic rings. The Morgan fingerprint density at radius 3 is 2.60 bits per heavy atom. The molecule has 4 heteroatoms. The number of carbonyl (C=O) groups is 1. The molecule has 20 heavy (non-hydrogen) atoms.